The lowest BCUT2D eigenvalue weighted by Crippen LogP contribution is -2.21. The summed E-state index contributed by atoms with van der Waals surface area (Å²) in [4.78, 5) is 4.52. The highest BCUT2D eigenvalue weighted by atomic mass is 15.3. The zero-order valence-electron chi connectivity index (χ0n) is 14.0. The van der Waals surface area contributed by atoms with Crippen LogP contribution in [0.15, 0.2) is 48.9 Å². The van der Waals surface area contributed by atoms with E-state index in [1.54, 1.807) is 0 Å². The van der Waals surface area contributed by atoms with Gasteiger partial charge in [-0.05, 0) is 45.4 Å². The van der Waals surface area contributed by atoms with E-state index in [0.29, 0.717) is 12.1 Å². The number of aromatic nitrogens is 3. The molecule has 0 aliphatic carbocycles. The van der Waals surface area contributed by atoms with E-state index in [1.807, 2.05) is 23.1 Å². The molecule has 0 saturated heterocycles. The third-order valence-corrected chi connectivity index (χ3v) is 4.21. The molecular weight excluding hydrogens is 284 g/mol. The second-order valence-corrected chi connectivity index (χ2v) is 6.27. The highest BCUT2D eigenvalue weighted by Crippen LogP contribution is 2.17. The highest BCUT2D eigenvalue weighted by molar-refractivity contribution is 5.81. The molecule has 3 aromatic rings. The van der Waals surface area contributed by atoms with E-state index in [0.717, 1.165) is 18.5 Å². The van der Waals surface area contributed by atoms with E-state index in [4.69, 9.17) is 0 Å². The van der Waals surface area contributed by atoms with Crippen molar-refractivity contribution in [3.63, 3.8) is 0 Å². The van der Waals surface area contributed by atoms with Crippen LogP contribution in [0.2, 0.25) is 0 Å². The zero-order valence-corrected chi connectivity index (χ0v) is 14.0. The predicted octanol–water partition coefficient (Wildman–Crippen LogP) is 3.91. The molecule has 23 heavy (non-hydrogen) atoms. The fourth-order valence-electron chi connectivity index (χ4n) is 2.77. The Bertz CT molecular complexity index is 770. The average molecular weight is 308 g/mol. The van der Waals surface area contributed by atoms with Crippen LogP contribution >= 0.6 is 0 Å². The summed E-state index contributed by atoms with van der Waals surface area (Å²) in [6.45, 7) is 7.39. The van der Waals surface area contributed by atoms with Gasteiger partial charge in [0.1, 0.15) is 0 Å². The molecule has 4 heteroatoms. The number of rotatable bonds is 6. The summed E-state index contributed by atoms with van der Waals surface area (Å²) in [7, 11) is 0. The lowest BCUT2D eigenvalue weighted by Gasteiger charge is -2.13. The third-order valence-electron chi connectivity index (χ3n) is 4.21. The number of benzene rings is 1. The van der Waals surface area contributed by atoms with Crippen molar-refractivity contribution in [2.75, 3.05) is 6.54 Å². The van der Waals surface area contributed by atoms with Crippen molar-refractivity contribution >= 4 is 10.9 Å². The van der Waals surface area contributed by atoms with Crippen LogP contribution in [0.3, 0.4) is 0 Å². The molecule has 0 spiro atoms. The fourth-order valence-corrected chi connectivity index (χ4v) is 2.77. The lowest BCUT2D eigenvalue weighted by molar-refractivity contribution is 0.529. The van der Waals surface area contributed by atoms with Crippen LogP contribution in [-0.2, 0) is 6.42 Å². The van der Waals surface area contributed by atoms with Crippen LogP contribution in [0.1, 0.15) is 44.0 Å². The first kappa shape index (κ1) is 15.7. The number of nitrogens with one attached hydrogen (secondary N) is 1. The van der Waals surface area contributed by atoms with E-state index < -0.39 is 0 Å². The van der Waals surface area contributed by atoms with Gasteiger partial charge in [-0.2, -0.15) is 5.10 Å². The molecule has 1 atom stereocenters. The van der Waals surface area contributed by atoms with Gasteiger partial charge in [0.15, 0.2) is 0 Å². The SMILES string of the molecule is CC(C)n1cc([C@@H](C)NCCc2cccc3cccnc23)cn1. The van der Waals surface area contributed by atoms with Crippen molar-refractivity contribution < 1.29 is 0 Å². The Morgan fingerprint density at radius 2 is 1.96 bits per heavy atom. The van der Waals surface area contributed by atoms with E-state index in [1.165, 1.54) is 16.5 Å². The van der Waals surface area contributed by atoms with Crippen molar-refractivity contribution in [3.8, 4) is 0 Å². The lowest BCUT2D eigenvalue weighted by atomic mass is 10.1. The molecule has 0 bridgehead atoms. The number of hydrogen-bond acceptors (Lipinski definition) is 3. The molecule has 3 rings (SSSR count). The maximum absolute atomic E-state index is 4.52. The summed E-state index contributed by atoms with van der Waals surface area (Å²) >= 11 is 0. The van der Waals surface area contributed by atoms with Crippen molar-refractivity contribution in [2.45, 2.75) is 39.3 Å². The van der Waals surface area contributed by atoms with Crippen molar-refractivity contribution in [2.24, 2.45) is 0 Å². The second kappa shape index (κ2) is 6.92. The first-order valence-electron chi connectivity index (χ1n) is 8.25. The van der Waals surface area contributed by atoms with Gasteiger partial charge in [0.05, 0.1) is 11.7 Å². The summed E-state index contributed by atoms with van der Waals surface area (Å²) in [5, 5.41) is 9.20. The minimum Gasteiger partial charge on any atom is -0.310 e. The van der Waals surface area contributed by atoms with Gasteiger partial charge in [0, 0.05) is 35.4 Å². The Kier molecular flexibility index (Phi) is 4.72. The van der Waals surface area contributed by atoms with Crippen LogP contribution in [-0.4, -0.2) is 21.3 Å². The minimum absolute atomic E-state index is 0.297. The second-order valence-electron chi connectivity index (χ2n) is 6.27. The molecule has 1 N–H and O–H groups in total. The molecule has 0 amide bonds. The third kappa shape index (κ3) is 3.59. The van der Waals surface area contributed by atoms with Gasteiger partial charge in [-0.1, -0.05) is 24.3 Å². The first-order valence-corrected chi connectivity index (χ1v) is 8.25. The Morgan fingerprint density at radius 3 is 2.74 bits per heavy atom. The van der Waals surface area contributed by atoms with Gasteiger partial charge in [-0.3, -0.25) is 9.67 Å². The summed E-state index contributed by atoms with van der Waals surface area (Å²) in [5.74, 6) is 0. The quantitative estimate of drug-likeness (QED) is 0.751. The number of pyridine rings is 1. The van der Waals surface area contributed by atoms with Gasteiger partial charge in [0.2, 0.25) is 0 Å². The summed E-state index contributed by atoms with van der Waals surface area (Å²) in [6, 6.07) is 11.2. The van der Waals surface area contributed by atoms with Gasteiger partial charge < -0.3 is 5.32 Å². The largest absolute Gasteiger partial charge is 0.310 e. The Balaban J connectivity index is 1.62. The van der Waals surface area contributed by atoms with Gasteiger partial charge in [-0.25, -0.2) is 0 Å². The number of para-hydroxylation sites is 1. The Hall–Kier alpha value is -2.20. The van der Waals surface area contributed by atoms with Crippen molar-refractivity contribution in [1.82, 2.24) is 20.1 Å². The molecule has 0 aliphatic rings. The number of fused-ring (bicyclic) bond motifs is 1. The molecule has 0 fully saturated rings. The molecule has 120 valence electrons. The summed E-state index contributed by atoms with van der Waals surface area (Å²) in [5.41, 5.74) is 3.63. The molecule has 0 radical (unpaired) electrons. The highest BCUT2D eigenvalue weighted by Gasteiger charge is 2.09. The molecule has 2 aromatic heterocycles. The summed E-state index contributed by atoms with van der Waals surface area (Å²) in [6.07, 6.45) is 6.91. The number of nitrogens with zero attached hydrogens (tertiary/aromatic N) is 3. The standard InChI is InChI=1S/C19H24N4/c1-14(2)23-13-18(12-22-23)15(3)20-11-9-17-7-4-6-16-8-5-10-21-19(16)17/h4-8,10,12-15,20H,9,11H2,1-3H3/t15-/m1/s1. The van der Waals surface area contributed by atoms with Crippen LogP contribution in [0.25, 0.3) is 10.9 Å². The topological polar surface area (TPSA) is 42.7 Å². The summed E-state index contributed by atoms with van der Waals surface area (Å²) < 4.78 is 2.00. The molecular formula is C19H24N4. The molecule has 4 nitrogen and oxygen atoms in total. The number of hydrogen-bond donors (Lipinski definition) is 1. The Morgan fingerprint density at radius 1 is 1.13 bits per heavy atom. The van der Waals surface area contributed by atoms with E-state index in [-0.39, 0.29) is 0 Å². The normalized spacial score (nSPS) is 12.9. The van der Waals surface area contributed by atoms with E-state index in [2.05, 4.69) is 66.6 Å². The Labute approximate surface area is 137 Å². The van der Waals surface area contributed by atoms with Gasteiger partial charge in [0.25, 0.3) is 0 Å². The molecule has 1 aromatic carbocycles. The van der Waals surface area contributed by atoms with Crippen LogP contribution < -0.4 is 5.32 Å². The fraction of sp³-hybridized carbons (Fsp3) is 0.368. The molecule has 0 saturated carbocycles. The van der Waals surface area contributed by atoms with Crippen LogP contribution in [0.5, 0.6) is 0 Å². The molecule has 0 unspecified atom stereocenters. The zero-order chi connectivity index (χ0) is 16.2. The predicted molar refractivity (Wildman–Crippen MR) is 94.5 cm³/mol. The van der Waals surface area contributed by atoms with Crippen LogP contribution in [0, 0.1) is 0 Å². The molecule has 0 aliphatic heterocycles. The molecule has 2 heterocycles. The van der Waals surface area contributed by atoms with Crippen molar-refractivity contribution in [3.05, 3.63) is 60.0 Å². The van der Waals surface area contributed by atoms with Crippen LogP contribution in [0.4, 0.5) is 0 Å². The average Bonchev–Trinajstić information content (AvgIpc) is 3.05. The van der Waals surface area contributed by atoms with Crippen molar-refractivity contribution in [1.29, 1.82) is 0 Å². The maximum atomic E-state index is 4.52. The maximum Gasteiger partial charge on any atom is 0.0734 e. The van der Waals surface area contributed by atoms with Gasteiger partial charge >= 0.3 is 0 Å². The monoisotopic (exact) mass is 308 g/mol. The first-order chi connectivity index (χ1) is 11.1. The minimum atomic E-state index is 0.297. The van der Waals surface area contributed by atoms with E-state index >= 15 is 0 Å². The smallest absolute Gasteiger partial charge is 0.0734 e. The van der Waals surface area contributed by atoms with Gasteiger partial charge in [-0.15, -0.1) is 0 Å². The van der Waals surface area contributed by atoms with E-state index in [9.17, 15) is 0 Å².